The number of anilines is 1. The Kier molecular flexibility index (Phi) is 3.22. The highest BCUT2D eigenvalue weighted by Gasteiger charge is 2.02. The van der Waals surface area contributed by atoms with Crippen LogP contribution in [-0.2, 0) is 6.42 Å². The van der Waals surface area contributed by atoms with Gasteiger partial charge in [-0.2, -0.15) is 0 Å². The van der Waals surface area contributed by atoms with E-state index in [9.17, 15) is 0 Å². The van der Waals surface area contributed by atoms with Gasteiger partial charge in [-0.3, -0.25) is 0 Å². The molecule has 0 aliphatic rings. The van der Waals surface area contributed by atoms with E-state index in [0.717, 1.165) is 22.4 Å². The van der Waals surface area contributed by atoms with E-state index in [1.165, 1.54) is 0 Å². The van der Waals surface area contributed by atoms with Crippen LogP contribution in [0, 0.1) is 0 Å². The van der Waals surface area contributed by atoms with Crippen molar-refractivity contribution in [3.63, 3.8) is 0 Å². The number of hydrogen-bond donors (Lipinski definition) is 2. The number of nitrogen functional groups attached to an aromatic ring is 1. The van der Waals surface area contributed by atoms with Crippen LogP contribution >= 0.6 is 0 Å². The zero-order valence-electron chi connectivity index (χ0n) is 9.06. The number of benzene rings is 2. The van der Waals surface area contributed by atoms with E-state index >= 15 is 0 Å². The van der Waals surface area contributed by atoms with Crippen molar-refractivity contribution in [2.45, 2.75) is 6.42 Å². The average molecular weight is 213 g/mol. The zero-order chi connectivity index (χ0) is 11.4. The molecule has 2 aromatic carbocycles. The molecule has 0 amide bonds. The molecule has 2 heteroatoms. The minimum atomic E-state index is 0.157. The molecule has 0 saturated carbocycles. The number of hydrogen-bond acceptors (Lipinski definition) is 2. The monoisotopic (exact) mass is 213 g/mol. The van der Waals surface area contributed by atoms with Gasteiger partial charge in [0.15, 0.2) is 0 Å². The Morgan fingerprint density at radius 1 is 1.00 bits per heavy atom. The lowest BCUT2D eigenvalue weighted by molar-refractivity contribution is 0.299. The van der Waals surface area contributed by atoms with Crippen molar-refractivity contribution < 1.29 is 5.11 Å². The summed E-state index contributed by atoms with van der Waals surface area (Å²) >= 11 is 0. The summed E-state index contributed by atoms with van der Waals surface area (Å²) in [7, 11) is 0. The predicted molar refractivity (Wildman–Crippen MR) is 67.1 cm³/mol. The van der Waals surface area contributed by atoms with Gasteiger partial charge in [-0.1, -0.05) is 42.5 Å². The van der Waals surface area contributed by atoms with Crippen molar-refractivity contribution in [3.8, 4) is 11.1 Å². The maximum atomic E-state index is 8.86. The maximum absolute atomic E-state index is 8.86. The first-order valence-electron chi connectivity index (χ1n) is 5.36. The Hall–Kier alpha value is -1.80. The molecule has 0 saturated heterocycles. The largest absolute Gasteiger partial charge is 0.398 e. The Balaban J connectivity index is 2.37. The Labute approximate surface area is 95.4 Å². The fourth-order valence-electron chi connectivity index (χ4n) is 1.78. The lowest BCUT2D eigenvalue weighted by Gasteiger charge is -2.07. The van der Waals surface area contributed by atoms with Crippen molar-refractivity contribution in [2.75, 3.05) is 12.3 Å². The molecule has 2 nitrogen and oxygen atoms in total. The van der Waals surface area contributed by atoms with Crippen LogP contribution in [0.2, 0.25) is 0 Å². The molecule has 0 bridgehead atoms. The van der Waals surface area contributed by atoms with E-state index in [-0.39, 0.29) is 6.61 Å². The molecule has 16 heavy (non-hydrogen) atoms. The molecule has 0 atom stereocenters. The van der Waals surface area contributed by atoms with Gasteiger partial charge in [0.05, 0.1) is 0 Å². The first-order valence-corrected chi connectivity index (χ1v) is 5.36. The van der Waals surface area contributed by atoms with Gasteiger partial charge in [0, 0.05) is 17.9 Å². The molecular weight excluding hydrogens is 198 g/mol. The van der Waals surface area contributed by atoms with Crippen LogP contribution in [0.4, 0.5) is 5.69 Å². The van der Waals surface area contributed by atoms with E-state index in [0.29, 0.717) is 6.42 Å². The summed E-state index contributed by atoms with van der Waals surface area (Å²) in [6, 6.07) is 16.0. The number of aliphatic hydroxyl groups is 1. The lowest BCUT2D eigenvalue weighted by atomic mass is 10.0. The molecule has 0 radical (unpaired) electrons. The number of nitrogens with two attached hydrogens (primary N) is 1. The molecule has 0 aliphatic heterocycles. The molecule has 0 aliphatic carbocycles. The standard InChI is InChI=1S/C14H15NO/c15-14-10-11(8-9-16)6-7-13(14)12-4-2-1-3-5-12/h1-7,10,16H,8-9,15H2. The van der Waals surface area contributed by atoms with Gasteiger partial charge in [-0.05, 0) is 23.6 Å². The van der Waals surface area contributed by atoms with Crippen molar-refractivity contribution >= 4 is 5.69 Å². The molecule has 2 rings (SSSR count). The molecular formula is C14H15NO. The van der Waals surface area contributed by atoms with E-state index < -0.39 is 0 Å². The summed E-state index contributed by atoms with van der Waals surface area (Å²) in [6.45, 7) is 0.157. The SMILES string of the molecule is Nc1cc(CCO)ccc1-c1ccccc1. The van der Waals surface area contributed by atoms with Gasteiger partial charge in [0.2, 0.25) is 0 Å². The first kappa shape index (κ1) is 10.7. The zero-order valence-corrected chi connectivity index (χ0v) is 9.06. The predicted octanol–water partition coefficient (Wildman–Crippen LogP) is 2.47. The minimum Gasteiger partial charge on any atom is -0.398 e. The number of rotatable bonds is 3. The summed E-state index contributed by atoms with van der Waals surface area (Å²) in [5.41, 5.74) is 10.00. The van der Waals surface area contributed by atoms with Crippen LogP contribution in [-0.4, -0.2) is 11.7 Å². The van der Waals surface area contributed by atoms with E-state index in [1.807, 2.05) is 48.5 Å². The fraction of sp³-hybridized carbons (Fsp3) is 0.143. The normalized spacial score (nSPS) is 10.3. The highest BCUT2D eigenvalue weighted by Crippen LogP contribution is 2.26. The van der Waals surface area contributed by atoms with E-state index in [4.69, 9.17) is 10.8 Å². The quantitative estimate of drug-likeness (QED) is 0.769. The second kappa shape index (κ2) is 4.81. The molecule has 0 fully saturated rings. The van der Waals surface area contributed by atoms with E-state index in [1.54, 1.807) is 0 Å². The van der Waals surface area contributed by atoms with Crippen LogP contribution in [0.15, 0.2) is 48.5 Å². The van der Waals surface area contributed by atoms with Gasteiger partial charge in [0.25, 0.3) is 0 Å². The molecule has 82 valence electrons. The summed E-state index contributed by atoms with van der Waals surface area (Å²) in [6.07, 6.45) is 0.652. The van der Waals surface area contributed by atoms with Crippen LogP contribution in [0.3, 0.4) is 0 Å². The van der Waals surface area contributed by atoms with Gasteiger partial charge in [-0.25, -0.2) is 0 Å². The summed E-state index contributed by atoms with van der Waals surface area (Å²) in [5, 5.41) is 8.86. The summed E-state index contributed by atoms with van der Waals surface area (Å²) in [4.78, 5) is 0. The third-order valence-electron chi connectivity index (χ3n) is 2.60. The summed E-state index contributed by atoms with van der Waals surface area (Å²) < 4.78 is 0. The third-order valence-corrected chi connectivity index (χ3v) is 2.60. The average Bonchev–Trinajstić information content (AvgIpc) is 2.31. The van der Waals surface area contributed by atoms with Gasteiger partial charge < -0.3 is 10.8 Å². The second-order valence-corrected chi connectivity index (χ2v) is 3.76. The Morgan fingerprint density at radius 2 is 1.75 bits per heavy atom. The maximum Gasteiger partial charge on any atom is 0.0471 e. The van der Waals surface area contributed by atoms with Crippen LogP contribution in [0.5, 0.6) is 0 Å². The highest BCUT2D eigenvalue weighted by atomic mass is 16.2. The van der Waals surface area contributed by atoms with Crippen molar-refractivity contribution in [1.82, 2.24) is 0 Å². The first-order chi connectivity index (χ1) is 7.81. The highest BCUT2D eigenvalue weighted by molar-refractivity contribution is 5.76. The Bertz CT molecular complexity index is 465. The van der Waals surface area contributed by atoms with E-state index in [2.05, 4.69) is 0 Å². The molecule has 2 aromatic rings. The van der Waals surface area contributed by atoms with Gasteiger partial charge >= 0.3 is 0 Å². The minimum absolute atomic E-state index is 0.157. The van der Waals surface area contributed by atoms with Gasteiger partial charge in [-0.15, -0.1) is 0 Å². The molecule has 0 aromatic heterocycles. The lowest BCUT2D eigenvalue weighted by Crippen LogP contribution is -1.95. The third kappa shape index (κ3) is 2.23. The van der Waals surface area contributed by atoms with Crippen molar-refractivity contribution in [2.24, 2.45) is 0 Å². The van der Waals surface area contributed by atoms with Gasteiger partial charge in [0.1, 0.15) is 0 Å². The Morgan fingerprint density at radius 3 is 2.38 bits per heavy atom. The van der Waals surface area contributed by atoms with Crippen LogP contribution < -0.4 is 5.73 Å². The van der Waals surface area contributed by atoms with Crippen LogP contribution in [0.25, 0.3) is 11.1 Å². The second-order valence-electron chi connectivity index (χ2n) is 3.76. The van der Waals surface area contributed by atoms with Crippen molar-refractivity contribution in [1.29, 1.82) is 0 Å². The van der Waals surface area contributed by atoms with Crippen molar-refractivity contribution in [3.05, 3.63) is 54.1 Å². The fourth-order valence-corrected chi connectivity index (χ4v) is 1.78. The molecule has 3 N–H and O–H groups in total. The molecule has 0 heterocycles. The summed E-state index contributed by atoms with van der Waals surface area (Å²) in [5.74, 6) is 0. The number of aliphatic hydroxyl groups excluding tert-OH is 1. The molecule has 0 spiro atoms. The molecule has 0 unspecified atom stereocenters. The smallest absolute Gasteiger partial charge is 0.0471 e. The topological polar surface area (TPSA) is 46.2 Å². The van der Waals surface area contributed by atoms with Crippen LogP contribution in [0.1, 0.15) is 5.56 Å².